The number of carbonyl (C=O) groups is 2. The lowest BCUT2D eigenvalue weighted by Crippen LogP contribution is -1.81. The summed E-state index contributed by atoms with van der Waals surface area (Å²) >= 11 is 1.62. The highest BCUT2D eigenvalue weighted by Gasteiger charge is 2.21. The van der Waals surface area contributed by atoms with Crippen LogP contribution in [0.2, 0.25) is 0 Å². The van der Waals surface area contributed by atoms with Crippen LogP contribution in [0.5, 0.6) is 0 Å². The number of aldehydes is 2. The summed E-state index contributed by atoms with van der Waals surface area (Å²) < 4.78 is 11.1. The molecular formula is C16H12O4S. The van der Waals surface area contributed by atoms with E-state index < -0.39 is 0 Å². The highest BCUT2D eigenvalue weighted by atomic mass is 32.1. The molecule has 0 spiro atoms. The number of rotatable bonds is 4. The lowest BCUT2D eigenvalue weighted by molar-refractivity contribution is 0.109. The summed E-state index contributed by atoms with van der Waals surface area (Å²) in [4.78, 5) is 23.7. The second-order valence-electron chi connectivity index (χ2n) is 4.60. The molecule has 0 aliphatic heterocycles. The third-order valence-corrected chi connectivity index (χ3v) is 4.26. The minimum absolute atomic E-state index is 0.284. The van der Waals surface area contributed by atoms with Crippen molar-refractivity contribution in [1.82, 2.24) is 0 Å². The molecule has 5 heteroatoms. The second kappa shape index (κ2) is 5.18. The summed E-state index contributed by atoms with van der Waals surface area (Å²) in [6.45, 7) is 3.98. The molecule has 106 valence electrons. The summed E-state index contributed by atoms with van der Waals surface area (Å²) in [5, 5.41) is 0. The fourth-order valence-corrected chi connectivity index (χ4v) is 3.45. The first-order chi connectivity index (χ1) is 10.1. The van der Waals surface area contributed by atoms with E-state index in [4.69, 9.17) is 8.83 Å². The van der Waals surface area contributed by atoms with Gasteiger partial charge < -0.3 is 8.83 Å². The van der Waals surface area contributed by atoms with E-state index in [1.165, 1.54) is 0 Å². The quantitative estimate of drug-likeness (QED) is 0.665. The van der Waals surface area contributed by atoms with Crippen molar-refractivity contribution in [1.29, 1.82) is 0 Å². The molecule has 0 aliphatic rings. The second-order valence-corrected chi connectivity index (χ2v) is 6.03. The van der Waals surface area contributed by atoms with Crippen LogP contribution in [0.1, 0.15) is 30.9 Å². The van der Waals surface area contributed by atoms with E-state index in [1.807, 2.05) is 13.8 Å². The Hall–Kier alpha value is -2.40. The first-order valence-electron chi connectivity index (χ1n) is 6.34. The van der Waals surface area contributed by atoms with Gasteiger partial charge in [0, 0.05) is 20.9 Å². The van der Waals surface area contributed by atoms with E-state index in [0.717, 1.165) is 20.9 Å². The molecule has 0 amide bonds. The van der Waals surface area contributed by atoms with Gasteiger partial charge >= 0.3 is 0 Å². The van der Waals surface area contributed by atoms with E-state index in [2.05, 4.69) is 0 Å². The highest BCUT2D eigenvalue weighted by Crippen LogP contribution is 2.43. The van der Waals surface area contributed by atoms with Crippen molar-refractivity contribution in [3.63, 3.8) is 0 Å². The molecule has 0 bridgehead atoms. The number of hydrogen-bond acceptors (Lipinski definition) is 5. The van der Waals surface area contributed by atoms with Crippen LogP contribution in [0.15, 0.2) is 33.1 Å². The lowest BCUT2D eigenvalue weighted by Gasteiger charge is -2.01. The maximum atomic E-state index is 10.8. The smallest absolute Gasteiger partial charge is 0.185 e. The molecule has 0 aromatic carbocycles. The number of thiophene rings is 1. The van der Waals surface area contributed by atoms with Crippen LogP contribution in [0, 0.1) is 13.8 Å². The van der Waals surface area contributed by atoms with E-state index in [9.17, 15) is 9.59 Å². The molecule has 0 unspecified atom stereocenters. The number of furan rings is 2. The average molecular weight is 300 g/mol. The van der Waals surface area contributed by atoms with Gasteiger partial charge in [-0.2, -0.15) is 0 Å². The Bertz CT molecular complexity index is 753. The standard InChI is InChI=1S/C16H12O4S/c1-9-15(13-5-3-11(7-17)19-13)16(10(2)21-9)14-6-4-12(8-18)20-14/h3-8H,1-2H3. The maximum absolute atomic E-state index is 10.8. The van der Waals surface area contributed by atoms with Crippen molar-refractivity contribution in [3.05, 3.63) is 45.5 Å². The van der Waals surface area contributed by atoms with Crippen LogP contribution in [0.4, 0.5) is 0 Å². The van der Waals surface area contributed by atoms with Crippen LogP contribution in [0.3, 0.4) is 0 Å². The van der Waals surface area contributed by atoms with E-state index in [-0.39, 0.29) is 11.5 Å². The predicted octanol–water partition coefficient (Wildman–Crippen LogP) is 4.51. The van der Waals surface area contributed by atoms with Crippen molar-refractivity contribution in [3.8, 4) is 22.6 Å². The molecule has 0 aliphatic carbocycles. The third-order valence-electron chi connectivity index (χ3n) is 3.24. The largest absolute Gasteiger partial charge is 0.453 e. The zero-order valence-electron chi connectivity index (χ0n) is 11.5. The Labute approximate surface area is 125 Å². The lowest BCUT2D eigenvalue weighted by atomic mass is 10.0. The molecule has 0 saturated heterocycles. The summed E-state index contributed by atoms with van der Waals surface area (Å²) in [6.07, 6.45) is 1.35. The van der Waals surface area contributed by atoms with E-state index in [1.54, 1.807) is 35.6 Å². The predicted molar refractivity (Wildman–Crippen MR) is 80.0 cm³/mol. The molecule has 4 nitrogen and oxygen atoms in total. The van der Waals surface area contributed by atoms with Crippen molar-refractivity contribution in [2.45, 2.75) is 13.8 Å². The Kier molecular flexibility index (Phi) is 3.35. The highest BCUT2D eigenvalue weighted by molar-refractivity contribution is 7.13. The van der Waals surface area contributed by atoms with Crippen LogP contribution in [-0.4, -0.2) is 12.6 Å². The molecule has 3 rings (SSSR count). The Morgan fingerprint density at radius 1 is 0.810 bits per heavy atom. The zero-order chi connectivity index (χ0) is 15.0. The molecule has 3 aromatic rings. The molecule has 0 saturated carbocycles. The molecule has 3 heterocycles. The number of carbonyl (C=O) groups excluding carboxylic acids is 2. The first-order valence-corrected chi connectivity index (χ1v) is 7.16. The number of aryl methyl sites for hydroxylation is 2. The van der Waals surface area contributed by atoms with Gasteiger partial charge in [-0.3, -0.25) is 9.59 Å². The molecule has 0 fully saturated rings. The van der Waals surface area contributed by atoms with Gasteiger partial charge in [0.25, 0.3) is 0 Å². The van der Waals surface area contributed by atoms with Crippen molar-refractivity contribution < 1.29 is 18.4 Å². The maximum Gasteiger partial charge on any atom is 0.185 e. The zero-order valence-corrected chi connectivity index (χ0v) is 12.3. The van der Waals surface area contributed by atoms with Gasteiger partial charge in [0.05, 0.1) is 0 Å². The van der Waals surface area contributed by atoms with Crippen molar-refractivity contribution in [2.24, 2.45) is 0 Å². The van der Waals surface area contributed by atoms with E-state index in [0.29, 0.717) is 24.1 Å². The Morgan fingerprint density at radius 3 is 1.57 bits per heavy atom. The Morgan fingerprint density at radius 2 is 1.24 bits per heavy atom. The minimum Gasteiger partial charge on any atom is -0.453 e. The monoisotopic (exact) mass is 300 g/mol. The van der Waals surface area contributed by atoms with Gasteiger partial charge in [-0.15, -0.1) is 11.3 Å². The molecule has 0 radical (unpaired) electrons. The Balaban J connectivity index is 2.20. The fourth-order valence-electron chi connectivity index (χ4n) is 2.38. The molecule has 0 atom stereocenters. The van der Waals surface area contributed by atoms with Gasteiger partial charge in [0.2, 0.25) is 0 Å². The van der Waals surface area contributed by atoms with Gasteiger partial charge in [0.15, 0.2) is 24.1 Å². The SMILES string of the molecule is Cc1sc(C)c(-c2ccc(C=O)o2)c1-c1ccc(C=O)o1. The van der Waals surface area contributed by atoms with Crippen LogP contribution in [0.25, 0.3) is 22.6 Å². The summed E-state index contributed by atoms with van der Waals surface area (Å²) in [7, 11) is 0. The number of hydrogen-bond donors (Lipinski definition) is 0. The van der Waals surface area contributed by atoms with Gasteiger partial charge in [-0.25, -0.2) is 0 Å². The summed E-state index contributed by atoms with van der Waals surface area (Å²) in [5.74, 6) is 1.82. The molecular weight excluding hydrogens is 288 g/mol. The van der Waals surface area contributed by atoms with Gasteiger partial charge in [-0.05, 0) is 38.1 Å². The van der Waals surface area contributed by atoms with Crippen LogP contribution in [-0.2, 0) is 0 Å². The van der Waals surface area contributed by atoms with Gasteiger partial charge in [-0.1, -0.05) is 0 Å². The van der Waals surface area contributed by atoms with Crippen LogP contribution < -0.4 is 0 Å². The normalized spacial score (nSPS) is 10.8. The van der Waals surface area contributed by atoms with Gasteiger partial charge in [0.1, 0.15) is 11.5 Å². The summed E-state index contributed by atoms with van der Waals surface area (Å²) in [5.41, 5.74) is 1.80. The van der Waals surface area contributed by atoms with Crippen molar-refractivity contribution >= 4 is 23.9 Å². The molecule has 0 N–H and O–H groups in total. The topological polar surface area (TPSA) is 60.4 Å². The van der Waals surface area contributed by atoms with Crippen LogP contribution >= 0.6 is 11.3 Å². The third kappa shape index (κ3) is 2.25. The molecule has 3 aromatic heterocycles. The van der Waals surface area contributed by atoms with E-state index >= 15 is 0 Å². The average Bonchev–Trinajstić information content (AvgIpc) is 3.16. The first kappa shape index (κ1) is 13.6. The molecule has 21 heavy (non-hydrogen) atoms. The minimum atomic E-state index is 0.284. The fraction of sp³-hybridized carbons (Fsp3) is 0.125. The van der Waals surface area contributed by atoms with Crippen molar-refractivity contribution in [2.75, 3.05) is 0 Å². The summed E-state index contributed by atoms with van der Waals surface area (Å²) in [6, 6.07) is 6.81.